The van der Waals surface area contributed by atoms with Crippen molar-refractivity contribution < 1.29 is 0 Å². The summed E-state index contributed by atoms with van der Waals surface area (Å²) in [5, 5.41) is 9.48. The van der Waals surface area contributed by atoms with Gasteiger partial charge in [0.1, 0.15) is 0 Å². The highest BCUT2D eigenvalue weighted by Gasteiger charge is 2.10. The quantitative estimate of drug-likeness (QED) is 0.691. The molecule has 0 unspecified atom stereocenters. The number of aryl methyl sites for hydroxylation is 1. The SMILES string of the molecule is Cc1ccc(CSc2nnc(-c3ccncc3)n2C)cc1. The van der Waals surface area contributed by atoms with Gasteiger partial charge in [0.15, 0.2) is 11.0 Å². The molecule has 0 aliphatic rings. The van der Waals surface area contributed by atoms with Gasteiger partial charge in [-0.15, -0.1) is 10.2 Å². The Morgan fingerprint density at radius 3 is 2.43 bits per heavy atom. The van der Waals surface area contributed by atoms with Gasteiger partial charge in [0.05, 0.1) is 0 Å². The van der Waals surface area contributed by atoms with Crippen LogP contribution in [0.15, 0.2) is 53.9 Å². The summed E-state index contributed by atoms with van der Waals surface area (Å²) in [7, 11) is 1.99. The van der Waals surface area contributed by atoms with Crippen molar-refractivity contribution in [3.63, 3.8) is 0 Å². The Kier molecular flexibility index (Phi) is 4.01. The maximum Gasteiger partial charge on any atom is 0.191 e. The molecule has 0 saturated heterocycles. The minimum absolute atomic E-state index is 0.865. The van der Waals surface area contributed by atoms with Gasteiger partial charge in [-0.1, -0.05) is 41.6 Å². The van der Waals surface area contributed by atoms with E-state index in [9.17, 15) is 0 Å². The molecule has 0 radical (unpaired) electrons. The van der Waals surface area contributed by atoms with E-state index in [0.29, 0.717) is 0 Å². The highest BCUT2D eigenvalue weighted by Crippen LogP contribution is 2.24. The highest BCUT2D eigenvalue weighted by atomic mass is 32.2. The van der Waals surface area contributed by atoms with E-state index in [1.54, 1.807) is 24.2 Å². The number of aromatic nitrogens is 4. The molecule has 21 heavy (non-hydrogen) atoms. The lowest BCUT2D eigenvalue weighted by molar-refractivity contribution is 0.793. The Morgan fingerprint density at radius 2 is 1.71 bits per heavy atom. The molecule has 5 heteroatoms. The molecule has 0 N–H and O–H groups in total. The summed E-state index contributed by atoms with van der Waals surface area (Å²) in [6.07, 6.45) is 3.53. The van der Waals surface area contributed by atoms with Crippen molar-refractivity contribution in [2.75, 3.05) is 0 Å². The van der Waals surface area contributed by atoms with E-state index in [0.717, 1.165) is 22.3 Å². The number of nitrogens with zero attached hydrogens (tertiary/aromatic N) is 4. The normalized spacial score (nSPS) is 10.8. The first-order valence-electron chi connectivity index (χ1n) is 6.72. The maximum atomic E-state index is 4.28. The topological polar surface area (TPSA) is 43.6 Å². The van der Waals surface area contributed by atoms with Crippen molar-refractivity contribution >= 4 is 11.8 Å². The van der Waals surface area contributed by atoms with E-state index in [4.69, 9.17) is 0 Å². The molecule has 0 aliphatic heterocycles. The van der Waals surface area contributed by atoms with Crippen LogP contribution in [0.4, 0.5) is 0 Å². The second-order valence-electron chi connectivity index (χ2n) is 4.88. The molecule has 106 valence electrons. The Morgan fingerprint density at radius 1 is 1.00 bits per heavy atom. The van der Waals surface area contributed by atoms with Crippen LogP contribution >= 0.6 is 11.8 Å². The zero-order valence-electron chi connectivity index (χ0n) is 12.0. The van der Waals surface area contributed by atoms with Crippen molar-refractivity contribution in [1.29, 1.82) is 0 Å². The smallest absolute Gasteiger partial charge is 0.191 e. The predicted molar refractivity (Wildman–Crippen MR) is 85.0 cm³/mol. The molecular weight excluding hydrogens is 280 g/mol. The first-order chi connectivity index (χ1) is 10.2. The van der Waals surface area contributed by atoms with Crippen LogP contribution in [0.5, 0.6) is 0 Å². The lowest BCUT2D eigenvalue weighted by Gasteiger charge is -2.04. The highest BCUT2D eigenvalue weighted by molar-refractivity contribution is 7.98. The maximum absolute atomic E-state index is 4.28. The summed E-state index contributed by atoms with van der Waals surface area (Å²) in [6, 6.07) is 12.5. The van der Waals surface area contributed by atoms with Crippen LogP contribution < -0.4 is 0 Å². The fourth-order valence-electron chi connectivity index (χ4n) is 2.03. The van der Waals surface area contributed by atoms with Crippen molar-refractivity contribution in [2.45, 2.75) is 17.8 Å². The van der Waals surface area contributed by atoms with Gasteiger partial charge >= 0.3 is 0 Å². The van der Waals surface area contributed by atoms with E-state index in [1.807, 2.05) is 23.7 Å². The van der Waals surface area contributed by atoms with Gasteiger partial charge in [-0.2, -0.15) is 0 Å². The van der Waals surface area contributed by atoms with Crippen LogP contribution in [0.2, 0.25) is 0 Å². The largest absolute Gasteiger partial charge is 0.305 e. The lowest BCUT2D eigenvalue weighted by atomic mass is 10.2. The molecule has 2 heterocycles. The standard InChI is InChI=1S/C16H16N4S/c1-12-3-5-13(6-4-12)11-21-16-19-18-15(20(16)2)14-7-9-17-10-8-14/h3-10H,11H2,1-2H3. The van der Waals surface area contributed by atoms with Gasteiger partial charge in [0.2, 0.25) is 0 Å². The Balaban J connectivity index is 1.75. The lowest BCUT2D eigenvalue weighted by Crippen LogP contribution is -1.95. The first kappa shape index (κ1) is 13.8. The summed E-state index contributed by atoms with van der Waals surface area (Å²) >= 11 is 1.70. The average Bonchev–Trinajstić information content (AvgIpc) is 2.89. The summed E-state index contributed by atoms with van der Waals surface area (Å²) in [6.45, 7) is 2.10. The van der Waals surface area contributed by atoms with Gasteiger partial charge in [0, 0.05) is 30.8 Å². The molecule has 0 spiro atoms. The molecule has 1 aromatic carbocycles. The number of rotatable bonds is 4. The summed E-state index contributed by atoms with van der Waals surface area (Å²) in [5.74, 6) is 1.76. The third kappa shape index (κ3) is 3.13. The fraction of sp³-hybridized carbons (Fsp3) is 0.188. The summed E-state index contributed by atoms with van der Waals surface area (Å²) in [4.78, 5) is 4.03. The number of hydrogen-bond acceptors (Lipinski definition) is 4. The molecule has 3 rings (SSSR count). The molecule has 0 bridgehead atoms. The summed E-state index contributed by atoms with van der Waals surface area (Å²) < 4.78 is 2.02. The third-order valence-electron chi connectivity index (χ3n) is 3.26. The van der Waals surface area contributed by atoms with Crippen molar-refractivity contribution in [3.05, 3.63) is 59.9 Å². The van der Waals surface area contributed by atoms with E-state index in [-0.39, 0.29) is 0 Å². The number of benzene rings is 1. The van der Waals surface area contributed by atoms with Gasteiger partial charge < -0.3 is 4.57 Å². The zero-order valence-corrected chi connectivity index (χ0v) is 12.8. The van der Waals surface area contributed by atoms with E-state index in [1.165, 1.54) is 11.1 Å². The van der Waals surface area contributed by atoms with E-state index >= 15 is 0 Å². The second-order valence-corrected chi connectivity index (χ2v) is 5.82. The molecule has 0 amide bonds. The minimum Gasteiger partial charge on any atom is -0.305 e. The van der Waals surface area contributed by atoms with Crippen LogP contribution in [0, 0.1) is 6.92 Å². The Labute approximate surface area is 128 Å². The number of hydrogen-bond donors (Lipinski definition) is 0. The van der Waals surface area contributed by atoms with Crippen LogP contribution in [0.1, 0.15) is 11.1 Å². The van der Waals surface area contributed by atoms with Crippen LogP contribution in [-0.4, -0.2) is 19.7 Å². The minimum atomic E-state index is 0.865. The number of pyridine rings is 1. The zero-order chi connectivity index (χ0) is 14.7. The van der Waals surface area contributed by atoms with Gasteiger partial charge in [-0.3, -0.25) is 4.98 Å². The van der Waals surface area contributed by atoms with Crippen molar-refractivity contribution in [3.8, 4) is 11.4 Å². The monoisotopic (exact) mass is 296 g/mol. The molecule has 0 aliphatic carbocycles. The fourth-order valence-corrected chi connectivity index (χ4v) is 2.89. The average molecular weight is 296 g/mol. The van der Waals surface area contributed by atoms with E-state index in [2.05, 4.69) is 46.4 Å². The molecular formula is C16H16N4S. The second kappa shape index (κ2) is 6.10. The Bertz CT molecular complexity index is 720. The molecule has 0 atom stereocenters. The van der Waals surface area contributed by atoms with Gasteiger partial charge in [0.25, 0.3) is 0 Å². The predicted octanol–water partition coefficient (Wildman–Crippen LogP) is 3.48. The number of thioether (sulfide) groups is 1. The third-order valence-corrected chi connectivity index (χ3v) is 4.35. The first-order valence-corrected chi connectivity index (χ1v) is 7.71. The molecule has 2 aromatic heterocycles. The van der Waals surface area contributed by atoms with Crippen molar-refractivity contribution in [2.24, 2.45) is 7.05 Å². The van der Waals surface area contributed by atoms with Crippen LogP contribution in [0.25, 0.3) is 11.4 Å². The van der Waals surface area contributed by atoms with Crippen LogP contribution in [0.3, 0.4) is 0 Å². The van der Waals surface area contributed by atoms with Crippen LogP contribution in [-0.2, 0) is 12.8 Å². The molecule has 3 aromatic rings. The molecule has 4 nitrogen and oxygen atoms in total. The van der Waals surface area contributed by atoms with Gasteiger partial charge in [-0.05, 0) is 24.6 Å². The molecule has 0 saturated carbocycles. The Hall–Kier alpha value is -2.14. The molecule has 0 fully saturated rings. The van der Waals surface area contributed by atoms with E-state index < -0.39 is 0 Å². The summed E-state index contributed by atoms with van der Waals surface area (Å²) in [5.41, 5.74) is 3.60. The van der Waals surface area contributed by atoms with Crippen molar-refractivity contribution in [1.82, 2.24) is 19.7 Å². The van der Waals surface area contributed by atoms with Gasteiger partial charge in [-0.25, -0.2) is 0 Å².